The molecule has 0 amide bonds. The first-order valence-corrected chi connectivity index (χ1v) is 7.99. The zero-order chi connectivity index (χ0) is 14.8. The molecule has 0 aliphatic carbocycles. The maximum Gasteiger partial charge on any atom is 0.347 e. The molecule has 0 aromatic rings. The van der Waals surface area contributed by atoms with Gasteiger partial charge in [-0.3, -0.25) is 0 Å². The van der Waals surface area contributed by atoms with Gasteiger partial charge in [-0.25, -0.2) is 9.59 Å². The van der Waals surface area contributed by atoms with Crippen LogP contribution in [0, 0.1) is 0 Å². The SMILES string of the molecule is COCCOC(=O)C(C(=O)OCCOC)=C1SCCS1. The normalized spacial score (nSPS) is 14.2. The molecule has 0 aromatic heterocycles. The Morgan fingerprint density at radius 1 is 0.900 bits per heavy atom. The van der Waals surface area contributed by atoms with Gasteiger partial charge in [-0.15, -0.1) is 23.5 Å². The van der Waals surface area contributed by atoms with E-state index in [2.05, 4.69) is 0 Å². The minimum absolute atomic E-state index is 0.0234. The summed E-state index contributed by atoms with van der Waals surface area (Å²) in [5.41, 5.74) is -0.0234. The number of carbonyl (C=O) groups excluding carboxylic acids is 2. The first-order valence-electron chi connectivity index (χ1n) is 6.02. The zero-order valence-corrected chi connectivity index (χ0v) is 13.1. The molecule has 8 heteroatoms. The maximum absolute atomic E-state index is 12.0. The molecule has 114 valence electrons. The first kappa shape index (κ1) is 17.4. The van der Waals surface area contributed by atoms with Gasteiger partial charge in [0, 0.05) is 25.7 Å². The van der Waals surface area contributed by atoms with Crippen LogP contribution in [0.1, 0.15) is 0 Å². The number of carbonyl (C=O) groups is 2. The second-order valence-electron chi connectivity index (χ2n) is 3.62. The molecule has 1 fully saturated rings. The highest BCUT2D eigenvalue weighted by atomic mass is 32.2. The van der Waals surface area contributed by atoms with E-state index < -0.39 is 11.9 Å². The van der Waals surface area contributed by atoms with Gasteiger partial charge in [0.15, 0.2) is 5.57 Å². The van der Waals surface area contributed by atoms with E-state index in [4.69, 9.17) is 18.9 Å². The number of hydrogen-bond acceptors (Lipinski definition) is 8. The molecule has 0 radical (unpaired) electrons. The summed E-state index contributed by atoms with van der Waals surface area (Å²) in [7, 11) is 3.02. The summed E-state index contributed by atoms with van der Waals surface area (Å²) in [5.74, 6) is 0.392. The molecule has 1 saturated heterocycles. The predicted molar refractivity (Wildman–Crippen MR) is 77.6 cm³/mol. The lowest BCUT2D eigenvalue weighted by Crippen LogP contribution is -2.22. The van der Waals surface area contributed by atoms with Gasteiger partial charge < -0.3 is 18.9 Å². The Bertz CT molecular complexity index is 337. The van der Waals surface area contributed by atoms with Crippen LogP contribution in [0.25, 0.3) is 0 Å². The van der Waals surface area contributed by atoms with Gasteiger partial charge in [-0.2, -0.15) is 0 Å². The molecule has 0 N–H and O–H groups in total. The highest BCUT2D eigenvalue weighted by molar-refractivity contribution is 8.25. The van der Waals surface area contributed by atoms with Crippen LogP contribution in [0.15, 0.2) is 9.81 Å². The number of thioether (sulfide) groups is 2. The number of rotatable bonds is 8. The average Bonchev–Trinajstić information content (AvgIpc) is 2.93. The Morgan fingerprint density at radius 3 is 1.75 bits per heavy atom. The van der Waals surface area contributed by atoms with E-state index in [1.54, 1.807) is 0 Å². The average molecular weight is 322 g/mol. The van der Waals surface area contributed by atoms with E-state index in [1.165, 1.54) is 37.7 Å². The minimum atomic E-state index is -0.665. The summed E-state index contributed by atoms with van der Waals surface area (Å²) < 4.78 is 20.3. The Morgan fingerprint density at radius 2 is 1.35 bits per heavy atom. The summed E-state index contributed by atoms with van der Waals surface area (Å²) in [4.78, 5) is 24.0. The van der Waals surface area contributed by atoms with E-state index in [1.807, 2.05) is 0 Å². The van der Waals surface area contributed by atoms with Gasteiger partial charge in [-0.05, 0) is 0 Å². The van der Waals surface area contributed by atoms with Gasteiger partial charge in [0.25, 0.3) is 0 Å². The molecule has 0 atom stereocenters. The van der Waals surface area contributed by atoms with Gasteiger partial charge >= 0.3 is 11.9 Å². The maximum atomic E-state index is 12.0. The highest BCUT2D eigenvalue weighted by Gasteiger charge is 2.28. The molecular formula is C12H18O6S2. The van der Waals surface area contributed by atoms with Crippen LogP contribution >= 0.6 is 23.5 Å². The second kappa shape index (κ2) is 10.1. The summed E-state index contributed by atoms with van der Waals surface area (Å²) in [6.07, 6.45) is 0. The van der Waals surface area contributed by atoms with Crippen molar-refractivity contribution in [2.75, 3.05) is 52.2 Å². The lowest BCUT2D eigenvalue weighted by Gasteiger charge is -2.10. The van der Waals surface area contributed by atoms with E-state index in [0.29, 0.717) is 4.24 Å². The standard InChI is InChI=1S/C12H18O6S2/c1-15-3-5-17-10(13)9(12-19-7-8-20-12)11(14)18-6-4-16-2/h3-8H2,1-2H3. The topological polar surface area (TPSA) is 71.1 Å². The van der Waals surface area contributed by atoms with Crippen molar-refractivity contribution >= 4 is 35.5 Å². The van der Waals surface area contributed by atoms with Crippen molar-refractivity contribution in [3.05, 3.63) is 9.81 Å². The molecule has 6 nitrogen and oxygen atoms in total. The molecule has 1 aliphatic rings. The van der Waals surface area contributed by atoms with Crippen molar-refractivity contribution in [1.29, 1.82) is 0 Å². The van der Waals surface area contributed by atoms with Crippen molar-refractivity contribution in [2.24, 2.45) is 0 Å². The fourth-order valence-electron chi connectivity index (χ4n) is 1.28. The molecular weight excluding hydrogens is 304 g/mol. The third kappa shape index (κ3) is 5.74. The van der Waals surface area contributed by atoms with Gasteiger partial charge in [0.2, 0.25) is 0 Å². The van der Waals surface area contributed by atoms with E-state index in [0.717, 1.165) is 11.5 Å². The Kier molecular flexibility index (Phi) is 8.75. The van der Waals surface area contributed by atoms with Gasteiger partial charge in [-0.1, -0.05) is 0 Å². The quantitative estimate of drug-likeness (QED) is 0.216. The minimum Gasteiger partial charge on any atom is -0.459 e. The summed E-state index contributed by atoms with van der Waals surface area (Å²) in [5, 5.41) is 0. The monoisotopic (exact) mass is 322 g/mol. The van der Waals surface area contributed by atoms with Crippen molar-refractivity contribution in [2.45, 2.75) is 0 Å². The fraction of sp³-hybridized carbons (Fsp3) is 0.667. The predicted octanol–water partition coefficient (Wildman–Crippen LogP) is 1.06. The number of hydrogen-bond donors (Lipinski definition) is 0. The van der Waals surface area contributed by atoms with Gasteiger partial charge in [0.1, 0.15) is 13.2 Å². The van der Waals surface area contributed by atoms with Crippen LogP contribution in [-0.2, 0) is 28.5 Å². The molecule has 1 rings (SSSR count). The number of ether oxygens (including phenoxy) is 4. The number of methoxy groups -OCH3 is 2. The van der Waals surface area contributed by atoms with Crippen LogP contribution in [0.5, 0.6) is 0 Å². The van der Waals surface area contributed by atoms with Crippen LogP contribution in [0.3, 0.4) is 0 Å². The Labute approximate surface area is 126 Å². The third-order valence-electron chi connectivity index (χ3n) is 2.20. The molecule has 0 unspecified atom stereocenters. The van der Waals surface area contributed by atoms with Crippen LogP contribution in [-0.4, -0.2) is 64.1 Å². The second-order valence-corrected chi connectivity index (χ2v) is 6.09. The summed E-state index contributed by atoms with van der Waals surface area (Å²) in [6, 6.07) is 0. The highest BCUT2D eigenvalue weighted by Crippen LogP contribution is 2.39. The van der Waals surface area contributed by atoms with Crippen LogP contribution < -0.4 is 0 Å². The zero-order valence-electron chi connectivity index (χ0n) is 11.5. The largest absolute Gasteiger partial charge is 0.459 e. The van der Waals surface area contributed by atoms with Crippen molar-refractivity contribution in [1.82, 2.24) is 0 Å². The lowest BCUT2D eigenvalue weighted by molar-refractivity contribution is -0.148. The van der Waals surface area contributed by atoms with Crippen LogP contribution in [0.2, 0.25) is 0 Å². The molecule has 0 saturated carbocycles. The lowest BCUT2D eigenvalue weighted by atomic mass is 10.3. The summed E-state index contributed by atoms with van der Waals surface area (Å²) >= 11 is 2.93. The molecule has 0 aromatic carbocycles. The number of esters is 2. The third-order valence-corrected chi connectivity index (χ3v) is 4.92. The van der Waals surface area contributed by atoms with E-state index in [9.17, 15) is 9.59 Å². The van der Waals surface area contributed by atoms with Gasteiger partial charge in [0.05, 0.1) is 17.5 Å². The smallest absolute Gasteiger partial charge is 0.347 e. The van der Waals surface area contributed by atoms with E-state index >= 15 is 0 Å². The molecule has 1 aliphatic heterocycles. The summed E-state index contributed by atoms with van der Waals surface area (Å²) in [6.45, 7) is 0.778. The Hall–Kier alpha value is -0.700. The fourth-order valence-corrected chi connectivity index (χ4v) is 3.78. The van der Waals surface area contributed by atoms with Crippen molar-refractivity contribution in [3.63, 3.8) is 0 Å². The van der Waals surface area contributed by atoms with E-state index in [-0.39, 0.29) is 32.0 Å². The molecule has 0 spiro atoms. The van der Waals surface area contributed by atoms with Crippen molar-refractivity contribution < 1.29 is 28.5 Å². The molecule has 1 heterocycles. The Balaban J connectivity index is 2.68. The molecule has 0 bridgehead atoms. The molecule has 20 heavy (non-hydrogen) atoms. The van der Waals surface area contributed by atoms with Crippen LogP contribution in [0.4, 0.5) is 0 Å². The first-order chi connectivity index (χ1) is 9.70. The van der Waals surface area contributed by atoms with Crippen molar-refractivity contribution in [3.8, 4) is 0 Å².